The van der Waals surface area contributed by atoms with Crippen molar-refractivity contribution < 1.29 is 14.7 Å². The minimum absolute atomic E-state index is 0.0490. The Bertz CT molecular complexity index is 369. The lowest BCUT2D eigenvalue weighted by atomic mass is 9.87. The van der Waals surface area contributed by atoms with E-state index in [1.807, 2.05) is 0 Å². The molecule has 0 aromatic rings. The van der Waals surface area contributed by atoms with Crippen LogP contribution in [-0.2, 0) is 4.79 Å². The van der Waals surface area contributed by atoms with Gasteiger partial charge >= 0.3 is 12.0 Å². The Kier molecular flexibility index (Phi) is 4.86. The highest BCUT2D eigenvalue weighted by molar-refractivity contribution is 5.76. The number of nitrogens with zero attached hydrogens (tertiary/aromatic N) is 2. The molecule has 2 heterocycles. The first-order valence-electron chi connectivity index (χ1n) is 7.41. The summed E-state index contributed by atoms with van der Waals surface area (Å²) >= 11 is 0. The Hall–Kier alpha value is -1.30. The van der Waals surface area contributed by atoms with Crippen molar-refractivity contribution in [3.05, 3.63) is 0 Å². The molecule has 114 valence electrons. The number of hydrogen-bond donors (Lipinski definition) is 2. The zero-order chi connectivity index (χ0) is 14.7. The lowest BCUT2D eigenvalue weighted by Gasteiger charge is -2.41. The highest BCUT2D eigenvalue weighted by atomic mass is 16.4. The number of carbonyl (C=O) groups excluding carboxylic acids is 1. The monoisotopic (exact) mass is 283 g/mol. The van der Waals surface area contributed by atoms with Crippen molar-refractivity contribution in [1.82, 2.24) is 15.1 Å². The largest absolute Gasteiger partial charge is 0.481 e. The number of carboxylic acids is 1. The van der Waals surface area contributed by atoms with Crippen LogP contribution in [0.4, 0.5) is 4.79 Å². The van der Waals surface area contributed by atoms with Crippen molar-refractivity contribution in [2.75, 3.05) is 39.8 Å². The lowest BCUT2D eigenvalue weighted by Crippen LogP contribution is -2.57. The van der Waals surface area contributed by atoms with Gasteiger partial charge in [-0.1, -0.05) is 6.92 Å². The molecule has 2 N–H and O–H groups in total. The predicted octanol–water partition coefficient (Wildman–Crippen LogP) is 0.690. The standard InChI is InChI=1S/C14H25N3O3/c1-10(13(18)19)12-8-17(9-12)14(20)15-6-11-4-3-5-16(2)7-11/h10-12H,3-9H2,1-2H3,(H,15,20)(H,18,19). The number of carbonyl (C=O) groups is 2. The molecule has 2 unspecified atom stereocenters. The fourth-order valence-corrected chi connectivity index (χ4v) is 2.98. The number of rotatable bonds is 4. The zero-order valence-corrected chi connectivity index (χ0v) is 12.3. The molecular formula is C14H25N3O3. The third kappa shape index (κ3) is 3.62. The van der Waals surface area contributed by atoms with E-state index in [1.54, 1.807) is 11.8 Å². The first-order chi connectivity index (χ1) is 9.47. The van der Waals surface area contributed by atoms with Crippen molar-refractivity contribution in [3.63, 3.8) is 0 Å². The predicted molar refractivity (Wildman–Crippen MR) is 75.5 cm³/mol. The Morgan fingerprint density at radius 1 is 1.35 bits per heavy atom. The van der Waals surface area contributed by atoms with Crippen molar-refractivity contribution in [1.29, 1.82) is 0 Å². The first kappa shape index (κ1) is 15.1. The average molecular weight is 283 g/mol. The summed E-state index contributed by atoms with van der Waals surface area (Å²) < 4.78 is 0. The van der Waals surface area contributed by atoms with E-state index in [1.165, 1.54) is 12.8 Å². The number of amides is 2. The summed E-state index contributed by atoms with van der Waals surface area (Å²) in [5.74, 6) is -0.516. The first-order valence-corrected chi connectivity index (χ1v) is 7.41. The van der Waals surface area contributed by atoms with Crippen LogP contribution >= 0.6 is 0 Å². The van der Waals surface area contributed by atoms with Gasteiger partial charge in [-0.25, -0.2) is 4.79 Å². The van der Waals surface area contributed by atoms with Gasteiger partial charge in [-0.15, -0.1) is 0 Å². The quantitative estimate of drug-likeness (QED) is 0.796. The molecule has 2 rings (SSSR count). The maximum absolute atomic E-state index is 11.9. The number of nitrogens with one attached hydrogen (secondary N) is 1. The van der Waals surface area contributed by atoms with Crippen LogP contribution in [-0.4, -0.2) is 66.7 Å². The summed E-state index contributed by atoms with van der Waals surface area (Å²) in [6.07, 6.45) is 2.36. The molecule has 0 saturated carbocycles. The molecule has 0 aliphatic carbocycles. The minimum atomic E-state index is -0.777. The van der Waals surface area contributed by atoms with Gasteiger partial charge in [-0.2, -0.15) is 0 Å². The number of urea groups is 1. The number of hydrogen-bond acceptors (Lipinski definition) is 3. The molecule has 2 atom stereocenters. The molecule has 2 aliphatic rings. The van der Waals surface area contributed by atoms with Crippen LogP contribution in [0.1, 0.15) is 19.8 Å². The normalized spacial score (nSPS) is 25.9. The van der Waals surface area contributed by atoms with Crippen molar-refractivity contribution >= 4 is 12.0 Å². The van der Waals surface area contributed by atoms with Crippen LogP contribution in [0.2, 0.25) is 0 Å². The molecule has 2 aliphatic heterocycles. The van der Waals surface area contributed by atoms with Gasteiger partial charge in [-0.05, 0) is 32.4 Å². The molecule has 0 spiro atoms. The molecule has 0 radical (unpaired) electrons. The molecule has 0 bridgehead atoms. The lowest BCUT2D eigenvalue weighted by molar-refractivity contribution is -0.144. The third-order valence-corrected chi connectivity index (χ3v) is 4.56. The van der Waals surface area contributed by atoms with Gasteiger partial charge in [0.15, 0.2) is 0 Å². The highest BCUT2D eigenvalue weighted by Gasteiger charge is 2.37. The topological polar surface area (TPSA) is 72.9 Å². The second-order valence-corrected chi connectivity index (χ2v) is 6.25. The van der Waals surface area contributed by atoms with Gasteiger partial charge in [0.05, 0.1) is 5.92 Å². The van der Waals surface area contributed by atoms with Gasteiger partial charge in [0.2, 0.25) is 0 Å². The summed E-state index contributed by atoms with van der Waals surface area (Å²) in [7, 11) is 2.11. The fraction of sp³-hybridized carbons (Fsp3) is 0.857. The van der Waals surface area contributed by atoms with E-state index in [4.69, 9.17) is 5.11 Å². The van der Waals surface area contributed by atoms with Gasteiger partial charge in [-0.3, -0.25) is 4.79 Å². The number of aliphatic carboxylic acids is 1. The molecule has 2 fully saturated rings. The fourth-order valence-electron chi connectivity index (χ4n) is 2.98. The van der Waals surface area contributed by atoms with Crippen LogP contribution in [0.15, 0.2) is 0 Å². The zero-order valence-electron chi connectivity index (χ0n) is 12.3. The molecule has 2 amide bonds. The Balaban J connectivity index is 1.66. The number of piperidine rings is 1. The van der Waals surface area contributed by atoms with E-state index in [2.05, 4.69) is 17.3 Å². The van der Waals surface area contributed by atoms with Crippen molar-refractivity contribution in [2.45, 2.75) is 19.8 Å². The molecule has 6 nitrogen and oxygen atoms in total. The summed E-state index contributed by atoms with van der Waals surface area (Å²) in [6, 6.07) is -0.0490. The smallest absolute Gasteiger partial charge is 0.317 e. The van der Waals surface area contributed by atoms with Crippen molar-refractivity contribution in [2.24, 2.45) is 17.8 Å². The SMILES string of the molecule is CC(C(=O)O)C1CN(C(=O)NCC2CCCN(C)C2)C1. The van der Waals surface area contributed by atoms with Gasteiger partial charge in [0, 0.05) is 32.1 Å². The van der Waals surface area contributed by atoms with Gasteiger partial charge < -0.3 is 20.2 Å². The maximum Gasteiger partial charge on any atom is 0.317 e. The van der Waals surface area contributed by atoms with Crippen LogP contribution in [0, 0.1) is 17.8 Å². The summed E-state index contributed by atoms with van der Waals surface area (Å²) in [4.78, 5) is 26.8. The van der Waals surface area contributed by atoms with Crippen LogP contribution in [0.3, 0.4) is 0 Å². The summed E-state index contributed by atoms with van der Waals surface area (Å²) in [5.41, 5.74) is 0. The summed E-state index contributed by atoms with van der Waals surface area (Å²) in [6.45, 7) is 5.73. The van der Waals surface area contributed by atoms with E-state index in [0.717, 1.165) is 19.6 Å². The van der Waals surface area contributed by atoms with E-state index in [-0.39, 0.29) is 17.9 Å². The maximum atomic E-state index is 11.9. The molecule has 0 aromatic heterocycles. The van der Waals surface area contributed by atoms with Gasteiger partial charge in [0.1, 0.15) is 0 Å². The van der Waals surface area contributed by atoms with E-state index < -0.39 is 5.97 Å². The van der Waals surface area contributed by atoms with Gasteiger partial charge in [0.25, 0.3) is 0 Å². The Labute approximate surface area is 120 Å². The van der Waals surface area contributed by atoms with Crippen LogP contribution in [0.25, 0.3) is 0 Å². The molecule has 0 aromatic carbocycles. The Morgan fingerprint density at radius 2 is 2.05 bits per heavy atom. The third-order valence-electron chi connectivity index (χ3n) is 4.56. The average Bonchev–Trinajstić information content (AvgIpc) is 2.34. The molecule has 6 heteroatoms. The number of likely N-dealkylation sites (tertiary alicyclic amines) is 2. The summed E-state index contributed by atoms with van der Waals surface area (Å²) in [5, 5.41) is 11.9. The molecule has 20 heavy (non-hydrogen) atoms. The molecular weight excluding hydrogens is 258 g/mol. The number of carboxylic acid groups (broad SMARTS) is 1. The van der Waals surface area contributed by atoms with E-state index in [9.17, 15) is 9.59 Å². The van der Waals surface area contributed by atoms with Crippen LogP contribution < -0.4 is 5.32 Å². The minimum Gasteiger partial charge on any atom is -0.481 e. The van der Waals surface area contributed by atoms with E-state index in [0.29, 0.717) is 19.0 Å². The van der Waals surface area contributed by atoms with Crippen molar-refractivity contribution in [3.8, 4) is 0 Å². The molecule has 2 saturated heterocycles. The second-order valence-electron chi connectivity index (χ2n) is 6.25. The van der Waals surface area contributed by atoms with Crippen LogP contribution in [0.5, 0.6) is 0 Å². The Morgan fingerprint density at radius 3 is 2.65 bits per heavy atom. The second kappa shape index (κ2) is 6.43. The highest BCUT2D eigenvalue weighted by Crippen LogP contribution is 2.24. The van der Waals surface area contributed by atoms with E-state index >= 15 is 0 Å².